The van der Waals surface area contributed by atoms with E-state index in [0.29, 0.717) is 29.0 Å². The number of rotatable bonds is 5. The maximum atomic E-state index is 13.2. The molecule has 1 amide bonds. The molecule has 1 heterocycles. The van der Waals surface area contributed by atoms with Crippen molar-refractivity contribution in [2.24, 2.45) is 0 Å². The summed E-state index contributed by atoms with van der Waals surface area (Å²) in [7, 11) is 1.28. The summed E-state index contributed by atoms with van der Waals surface area (Å²) < 4.78 is 79.0. The number of aromatic nitrogens is 1. The second kappa shape index (κ2) is 9.46. The van der Waals surface area contributed by atoms with Crippen LogP contribution in [0.25, 0.3) is 11.1 Å². The summed E-state index contributed by atoms with van der Waals surface area (Å²) in [4.78, 5) is 18.2. The molecule has 0 bridgehead atoms. The van der Waals surface area contributed by atoms with Crippen molar-refractivity contribution in [2.45, 2.75) is 32.4 Å². The highest BCUT2D eigenvalue weighted by molar-refractivity contribution is 6.00. The van der Waals surface area contributed by atoms with Gasteiger partial charge < -0.3 is 10.0 Å². The Hall–Kier alpha value is -3.40. The number of nitrogens with zero attached hydrogens (tertiary/aromatic N) is 2. The zero-order valence-corrected chi connectivity index (χ0v) is 18.1. The van der Waals surface area contributed by atoms with E-state index in [2.05, 4.69) is 4.98 Å². The van der Waals surface area contributed by atoms with Crippen LogP contribution in [0.15, 0.2) is 54.7 Å². The van der Waals surface area contributed by atoms with Crippen molar-refractivity contribution in [3.63, 3.8) is 0 Å². The van der Waals surface area contributed by atoms with Crippen LogP contribution in [0.5, 0.6) is 0 Å². The van der Waals surface area contributed by atoms with E-state index in [0.717, 1.165) is 10.5 Å². The third-order valence-corrected chi connectivity index (χ3v) is 5.20. The molecule has 0 aliphatic carbocycles. The molecule has 0 aliphatic rings. The number of halogens is 6. The maximum Gasteiger partial charge on any atom is 0.416 e. The molecule has 34 heavy (non-hydrogen) atoms. The van der Waals surface area contributed by atoms with Gasteiger partial charge >= 0.3 is 12.4 Å². The molecule has 4 nitrogen and oxygen atoms in total. The van der Waals surface area contributed by atoms with Crippen molar-refractivity contribution in [1.29, 1.82) is 0 Å². The predicted octanol–water partition coefficient (Wildman–Crippen LogP) is 5.86. The second-order valence-corrected chi connectivity index (χ2v) is 7.77. The molecule has 10 heteroatoms. The fourth-order valence-corrected chi connectivity index (χ4v) is 3.52. The summed E-state index contributed by atoms with van der Waals surface area (Å²) in [5.74, 6) is -0.652. The van der Waals surface area contributed by atoms with E-state index in [1.54, 1.807) is 18.2 Å². The van der Waals surface area contributed by atoms with Crippen LogP contribution in [0.3, 0.4) is 0 Å². The van der Waals surface area contributed by atoms with Crippen molar-refractivity contribution in [2.75, 3.05) is 7.05 Å². The highest BCUT2D eigenvalue weighted by Gasteiger charge is 2.37. The third kappa shape index (κ3) is 5.56. The van der Waals surface area contributed by atoms with Gasteiger partial charge in [0.1, 0.15) is 0 Å². The topological polar surface area (TPSA) is 53.4 Å². The van der Waals surface area contributed by atoms with Crippen LogP contribution in [0.1, 0.15) is 38.3 Å². The predicted molar refractivity (Wildman–Crippen MR) is 113 cm³/mol. The molecule has 0 saturated carbocycles. The first-order valence-electron chi connectivity index (χ1n) is 10.0. The molecular formula is C24H20F6N2O2. The Morgan fingerprint density at radius 2 is 1.53 bits per heavy atom. The number of alkyl halides is 6. The number of carbonyl (C=O) groups is 1. The lowest BCUT2D eigenvalue weighted by Gasteiger charge is -2.21. The number of hydrogen-bond donors (Lipinski definition) is 1. The van der Waals surface area contributed by atoms with Gasteiger partial charge in [0.15, 0.2) is 0 Å². The van der Waals surface area contributed by atoms with Crippen LogP contribution < -0.4 is 0 Å². The minimum atomic E-state index is -4.99. The lowest BCUT2D eigenvalue weighted by molar-refractivity contribution is -0.143. The molecule has 3 rings (SSSR count). The van der Waals surface area contributed by atoms with Gasteiger partial charge in [0, 0.05) is 19.8 Å². The average molecular weight is 482 g/mol. The second-order valence-electron chi connectivity index (χ2n) is 7.77. The minimum Gasteiger partial charge on any atom is -0.390 e. The summed E-state index contributed by atoms with van der Waals surface area (Å²) in [6, 6.07) is 9.86. The third-order valence-electron chi connectivity index (χ3n) is 5.20. The lowest BCUT2D eigenvalue weighted by Crippen LogP contribution is -2.27. The van der Waals surface area contributed by atoms with Gasteiger partial charge in [0.25, 0.3) is 5.91 Å². The zero-order chi connectivity index (χ0) is 25.3. The van der Waals surface area contributed by atoms with E-state index in [9.17, 15) is 36.2 Å². The molecule has 0 spiro atoms. The maximum absolute atomic E-state index is 13.2. The van der Waals surface area contributed by atoms with Gasteiger partial charge in [-0.1, -0.05) is 24.3 Å². The molecule has 1 N–H and O–H groups in total. The number of aliphatic hydroxyl groups excluding tert-OH is 1. The Morgan fingerprint density at radius 1 is 0.941 bits per heavy atom. The molecule has 0 fully saturated rings. The van der Waals surface area contributed by atoms with Crippen molar-refractivity contribution in [3.8, 4) is 11.1 Å². The monoisotopic (exact) mass is 482 g/mol. The smallest absolute Gasteiger partial charge is 0.390 e. The summed E-state index contributed by atoms with van der Waals surface area (Å²) in [5.41, 5.74) is -0.899. The first-order chi connectivity index (χ1) is 15.8. The highest BCUT2D eigenvalue weighted by atomic mass is 19.4. The van der Waals surface area contributed by atoms with E-state index < -0.39 is 35.9 Å². The van der Waals surface area contributed by atoms with Gasteiger partial charge in [-0.25, -0.2) is 0 Å². The van der Waals surface area contributed by atoms with Crippen LogP contribution in [-0.4, -0.2) is 27.9 Å². The number of aliphatic hydroxyl groups is 1. The van der Waals surface area contributed by atoms with Crippen molar-refractivity contribution in [3.05, 3.63) is 88.2 Å². The van der Waals surface area contributed by atoms with E-state index in [4.69, 9.17) is 0 Å². The fraction of sp³-hybridized carbons (Fsp3) is 0.250. The Kier molecular flexibility index (Phi) is 7.02. The van der Waals surface area contributed by atoms with Gasteiger partial charge in [-0.05, 0) is 53.4 Å². The molecular weight excluding hydrogens is 462 g/mol. The van der Waals surface area contributed by atoms with Crippen LogP contribution >= 0.6 is 0 Å². The molecule has 1 aromatic heterocycles. The fourth-order valence-electron chi connectivity index (χ4n) is 3.52. The van der Waals surface area contributed by atoms with Crippen molar-refractivity contribution in [1.82, 2.24) is 9.88 Å². The van der Waals surface area contributed by atoms with Gasteiger partial charge in [-0.3, -0.25) is 9.78 Å². The molecule has 3 aromatic rings. The molecule has 0 aliphatic heterocycles. The van der Waals surface area contributed by atoms with E-state index in [1.165, 1.54) is 19.3 Å². The summed E-state index contributed by atoms with van der Waals surface area (Å²) in [5, 5.41) is 9.45. The number of hydrogen-bond acceptors (Lipinski definition) is 3. The SMILES string of the molecule is Cc1ccccc1-c1cc(CO)ncc1C(=O)N(C)Cc1cc(C(F)(F)F)cc(C(F)(F)F)c1. The van der Waals surface area contributed by atoms with E-state index >= 15 is 0 Å². The van der Waals surface area contributed by atoms with E-state index in [1.807, 2.05) is 13.0 Å². The van der Waals surface area contributed by atoms with Crippen LogP contribution in [-0.2, 0) is 25.5 Å². The Labute approximate surface area is 191 Å². The molecule has 0 saturated heterocycles. The van der Waals surface area contributed by atoms with Gasteiger partial charge in [0.05, 0.1) is 29.0 Å². The molecule has 0 radical (unpaired) electrons. The number of aryl methyl sites for hydroxylation is 1. The first-order valence-corrected chi connectivity index (χ1v) is 10.0. The van der Waals surface area contributed by atoms with Crippen molar-refractivity contribution >= 4 is 5.91 Å². The van der Waals surface area contributed by atoms with Crippen LogP contribution in [0, 0.1) is 6.92 Å². The Balaban J connectivity index is 2.01. The number of benzene rings is 2. The largest absolute Gasteiger partial charge is 0.416 e. The van der Waals surface area contributed by atoms with Gasteiger partial charge in [-0.15, -0.1) is 0 Å². The molecule has 180 valence electrons. The summed E-state index contributed by atoms with van der Waals surface area (Å²) in [6.07, 6.45) is -8.74. The first kappa shape index (κ1) is 25.2. The number of carbonyl (C=O) groups excluding carboxylic acids is 1. The van der Waals surface area contributed by atoms with Crippen molar-refractivity contribution < 1.29 is 36.2 Å². The normalized spacial score (nSPS) is 12.0. The standard InChI is InChI=1S/C24H20F6N2O2/c1-14-5-3-4-6-19(14)20-10-18(13-33)31-11-21(20)22(34)32(2)12-15-7-16(23(25,26)27)9-17(8-15)24(28,29)30/h3-11,33H,12-13H2,1-2H3. The van der Waals surface area contributed by atoms with Gasteiger partial charge in [-0.2, -0.15) is 26.3 Å². The lowest BCUT2D eigenvalue weighted by atomic mass is 9.96. The summed E-state index contributed by atoms with van der Waals surface area (Å²) >= 11 is 0. The molecule has 0 atom stereocenters. The number of pyridine rings is 1. The Bertz CT molecular complexity index is 1170. The average Bonchev–Trinajstić information content (AvgIpc) is 2.77. The minimum absolute atomic E-state index is 0.0408. The Morgan fingerprint density at radius 3 is 2.06 bits per heavy atom. The van der Waals surface area contributed by atoms with E-state index in [-0.39, 0.29) is 23.8 Å². The molecule has 0 unspecified atom stereocenters. The highest BCUT2D eigenvalue weighted by Crippen LogP contribution is 2.37. The number of amides is 1. The van der Waals surface area contributed by atoms with Gasteiger partial charge in [0.2, 0.25) is 0 Å². The molecule has 2 aromatic carbocycles. The van der Waals surface area contributed by atoms with Crippen LogP contribution in [0.2, 0.25) is 0 Å². The quantitative estimate of drug-likeness (QED) is 0.464. The zero-order valence-electron chi connectivity index (χ0n) is 18.1. The van der Waals surface area contributed by atoms with Crippen LogP contribution in [0.4, 0.5) is 26.3 Å². The summed E-state index contributed by atoms with van der Waals surface area (Å²) in [6.45, 7) is 0.933.